The van der Waals surface area contributed by atoms with Crippen molar-refractivity contribution < 1.29 is 9.53 Å². The molecule has 0 aliphatic carbocycles. The number of nitrogens with one attached hydrogen (secondary N) is 1. The molecule has 0 aliphatic rings. The fourth-order valence-corrected chi connectivity index (χ4v) is 2.32. The van der Waals surface area contributed by atoms with Gasteiger partial charge in [-0.25, -0.2) is 0 Å². The molecule has 0 saturated carbocycles. The molecule has 3 nitrogen and oxygen atoms in total. The van der Waals surface area contributed by atoms with E-state index in [1.807, 2.05) is 38.1 Å². The predicted octanol–water partition coefficient (Wildman–Crippen LogP) is 4.04. The summed E-state index contributed by atoms with van der Waals surface area (Å²) in [5.41, 5.74) is 3.23. The quantitative estimate of drug-likeness (QED) is 0.903. The lowest BCUT2D eigenvalue weighted by atomic mass is 10.1. The van der Waals surface area contributed by atoms with Gasteiger partial charge in [-0.1, -0.05) is 29.8 Å². The van der Waals surface area contributed by atoms with Gasteiger partial charge in [0, 0.05) is 11.6 Å². The van der Waals surface area contributed by atoms with E-state index in [4.69, 9.17) is 16.3 Å². The van der Waals surface area contributed by atoms with E-state index in [0.29, 0.717) is 17.3 Å². The molecule has 1 atom stereocenters. The number of ether oxygens (including phenoxy) is 1. The molecule has 0 spiro atoms. The summed E-state index contributed by atoms with van der Waals surface area (Å²) in [5.74, 6) is 0.570. The van der Waals surface area contributed by atoms with Crippen LogP contribution >= 0.6 is 11.6 Å². The monoisotopic (exact) mass is 317 g/mol. The van der Waals surface area contributed by atoms with E-state index in [2.05, 4.69) is 11.4 Å². The van der Waals surface area contributed by atoms with E-state index in [-0.39, 0.29) is 5.91 Å². The third kappa shape index (κ3) is 4.78. The fourth-order valence-electron chi connectivity index (χ4n) is 2.19. The minimum absolute atomic E-state index is 0.144. The first kappa shape index (κ1) is 16.4. The highest BCUT2D eigenvalue weighted by Crippen LogP contribution is 2.17. The van der Waals surface area contributed by atoms with Crippen molar-refractivity contribution in [3.05, 3.63) is 64.2 Å². The van der Waals surface area contributed by atoms with Crippen LogP contribution in [0.5, 0.6) is 5.75 Å². The molecule has 0 bridgehead atoms. The third-order valence-corrected chi connectivity index (χ3v) is 3.51. The Morgan fingerprint density at radius 2 is 1.73 bits per heavy atom. The Morgan fingerprint density at radius 3 is 2.32 bits per heavy atom. The minimum Gasteiger partial charge on any atom is -0.481 e. The van der Waals surface area contributed by atoms with Gasteiger partial charge in [-0.3, -0.25) is 4.79 Å². The van der Waals surface area contributed by atoms with Gasteiger partial charge in [-0.2, -0.15) is 0 Å². The lowest BCUT2D eigenvalue weighted by molar-refractivity contribution is -0.127. The highest BCUT2D eigenvalue weighted by molar-refractivity contribution is 6.30. The van der Waals surface area contributed by atoms with Crippen molar-refractivity contribution in [2.45, 2.75) is 33.4 Å². The minimum atomic E-state index is -0.548. The number of hydrogen-bond acceptors (Lipinski definition) is 2. The van der Waals surface area contributed by atoms with Crippen molar-refractivity contribution in [1.82, 2.24) is 5.32 Å². The molecule has 0 aliphatic heterocycles. The zero-order chi connectivity index (χ0) is 16.1. The average Bonchev–Trinajstić information content (AvgIpc) is 2.45. The summed E-state index contributed by atoms with van der Waals surface area (Å²) >= 11 is 5.83. The largest absolute Gasteiger partial charge is 0.481 e. The van der Waals surface area contributed by atoms with Gasteiger partial charge < -0.3 is 10.1 Å². The number of aryl methyl sites for hydroxylation is 2. The van der Waals surface area contributed by atoms with Gasteiger partial charge >= 0.3 is 0 Å². The topological polar surface area (TPSA) is 38.3 Å². The number of rotatable bonds is 5. The van der Waals surface area contributed by atoms with Crippen LogP contribution in [0.4, 0.5) is 0 Å². The van der Waals surface area contributed by atoms with Crippen LogP contribution in [-0.4, -0.2) is 12.0 Å². The van der Waals surface area contributed by atoms with Crippen LogP contribution in [0.25, 0.3) is 0 Å². The van der Waals surface area contributed by atoms with Crippen molar-refractivity contribution in [1.29, 1.82) is 0 Å². The van der Waals surface area contributed by atoms with Gasteiger partial charge in [-0.15, -0.1) is 0 Å². The Bertz CT molecular complexity index is 632. The summed E-state index contributed by atoms with van der Waals surface area (Å²) in [4.78, 5) is 12.1. The Hall–Kier alpha value is -2.00. The second-order valence-electron chi connectivity index (χ2n) is 5.43. The molecular weight excluding hydrogens is 298 g/mol. The smallest absolute Gasteiger partial charge is 0.261 e. The highest BCUT2D eigenvalue weighted by Gasteiger charge is 2.14. The van der Waals surface area contributed by atoms with E-state index >= 15 is 0 Å². The Balaban J connectivity index is 1.90. The van der Waals surface area contributed by atoms with Crippen molar-refractivity contribution >= 4 is 17.5 Å². The molecule has 0 unspecified atom stereocenters. The molecule has 1 N–H and O–H groups in total. The van der Waals surface area contributed by atoms with E-state index in [1.54, 1.807) is 19.1 Å². The first-order valence-corrected chi connectivity index (χ1v) is 7.59. The van der Waals surface area contributed by atoms with Gasteiger partial charge in [0.15, 0.2) is 6.10 Å². The maximum Gasteiger partial charge on any atom is 0.261 e. The second kappa shape index (κ2) is 7.32. The van der Waals surface area contributed by atoms with Crippen LogP contribution in [0.3, 0.4) is 0 Å². The summed E-state index contributed by atoms with van der Waals surface area (Å²) in [7, 11) is 0. The first-order valence-electron chi connectivity index (χ1n) is 7.21. The van der Waals surface area contributed by atoms with Crippen LogP contribution in [-0.2, 0) is 11.3 Å². The van der Waals surface area contributed by atoms with Crippen molar-refractivity contribution in [2.75, 3.05) is 0 Å². The van der Waals surface area contributed by atoms with Crippen LogP contribution in [0.15, 0.2) is 42.5 Å². The molecule has 116 valence electrons. The molecule has 1 amide bonds. The van der Waals surface area contributed by atoms with Crippen LogP contribution < -0.4 is 10.1 Å². The zero-order valence-corrected chi connectivity index (χ0v) is 13.8. The van der Waals surface area contributed by atoms with E-state index in [9.17, 15) is 4.79 Å². The lowest BCUT2D eigenvalue weighted by Crippen LogP contribution is -2.35. The van der Waals surface area contributed by atoms with E-state index in [1.165, 1.54) is 0 Å². The van der Waals surface area contributed by atoms with Gasteiger partial charge in [-0.05, 0) is 61.7 Å². The number of hydrogen-bond donors (Lipinski definition) is 1. The summed E-state index contributed by atoms with van der Waals surface area (Å²) in [6, 6.07) is 13.3. The Labute approximate surface area is 136 Å². The first-order chi connectivity index (χ1) is 10.4. The molecule has 4 heteroatoms. The molecule has 0 fully saturated rings. The van der Waals surface area contributed by atoms with Crippen molar-refractivity contribution in [2.24, 2.45) is 0 Å². The third-order valence-electron chi connectivity index (χ3n) is 3.26. The average molecular weight is 318 g/mol. The summed E-state index contributed by atoms with van der Waals surface area (Å²) in [6.45, 7) is 6.21. The number of benzene rings is 2. The fraction of sp³-hybridized carbons (Fsp3) is 0.278. The summed E-state index contributed by atoms with van der Waals surface area (Å²) in [6.07, 6.45) is -0.548. The number of carbonyl (C=O) groups is 1. The zero-order valence-electron chi connectivity index (χ0n) is 13.0. The molecule has 2 aromatic carbocycles. The van der Waals surface area contributed by atoms with Gasteiger partial charge in [0.05, 0.1) is 0 Å². The molecule has 0 aromatic heterocycles. The Morgan fingerprint density at radius 1 is 1.14 bits per heavy atom. The van der Waals surface area contributed by atoms with Gasteiger partial charge in [0.1, 0.15) is 5.75 Å². The lowest BCUT2D eigenvalue weighted by Gasteiger charge is -2.15. The van der Waals surface area contributed by atoms with E-state index < -0.39 is 6.10 Å². The molecule has 0 saturated heterocycles. The normalized spacial score (nSPS) is 11.8. The SMILES string of the molecule is Cc1cc(C)cc(O[C@H](C)C(=O)NCc2ccc(Cl)cc2)c1. The molecule has 2 aromatic rings. The van der Waals surface area contributed by atoms with Crippen LogP contribution in [0.1, 0.15) is 23.6 Å². The summed E-state index contributed by atoms with van der Waals surface area (Å²) < 4.78 is 5.71. The molecule has 2 rings (SSSR count). The number of carbonyl (C=O) groups excluding carboxylic acids is 1. The maximum absolute atomic E-state index is 12.1. The molecular formula is C18H20ClNO2. The van der Waals surface area contributed by atoms with Gasteiger partial charge in [0.2, 0.25) is 0 Å². The van der Waals surface area contributed by atoms with Gasteiger partial charge in [0.25, 0.3) is 5.91 Å². The highest BCUT2D eigenvalue weighted by atomic mass is 35.5. The van der Waals surface area contributed by atoms with Crippen molar-refractivity contribution in [3.8, 4) is 5.75 Å². The standard InChI is InChI=1S/C18H20ClNO2/c1-12-8-13(2)10-17(9-12)22-14(3)18(21)20-11-15-4-6-16(19)7-5-15/h4-10,14H,11H2,1-3H3,(H,20,21)/t14-/m1/s1. The molecule has 22 heavy (non-hydrogen) atoms. The molecule has 0 heterocycles. The van der Waals surface area contributed by atoms with Crippen LogP contribution in [0.2, 0.25) is 5.02 Å². The van der Waals surface area contributed by atoms with Crippen LogP contribution in [0, 0.1) is 13.8 Å². The number of halogens is 1. The summed E-state index contributed by atoms with van der Waals surface area (Å²) in [5, 5.41) is 3.54. The second-order valence-corrected chi connectivity index (χ2v) is 5.86. The Kier molecular flexibility index (Phi) is 5.45. The molecule has 0 radical (unpaired) electrons. The number of amides is 1. The van der Waals surface area contributed by atoms with Crippen molar-refractivity contribution in [3.63, 3.8) is 0 Å². The van der Waals surface area contributed by atoms with E-state index in [0.717, 1.165) is 16.7 Å². The predicted molar refractivity (Wildman–Crippen MR) is 89.3 cm³/mol. The maximum atomic E-state index is 12.1.